The van der Waals surface area contributed by atoms with Gasteiger partial charge in [0.15, 0.2) is 5.16 Å². The Hall–Kier alpha value is -2.55. The highest BCUT2D eigenvalue weighted by Crippen LogP contribution is 2.32. The molecule has 2 aromatic heterocycles. The number of nitrogens with one attached hydrogen (secondary N) is 2. The van der Waals surface area contributed by atoms with Gasteiger partial charge in [0.1, 0.15) is 11.2 Å². The Morgan fingerprint density at radius 3 is 2.71 bits per heavy atom. The normalized spacial score (nSPS) is 11.7. The lowest BCUT2D eigenvalue weighted by atomic mass is 10.2. The van der Waals surface area contributed by atoms with Gasteiger partial charge in [-0.3, -0.25) is 4.79 Å². The Labute approximate surface area is 138 Å². The fourth-order valence-electron chi connectivity index (χ4n) is 2.16. The van der Waals surface area contributed by atoms with E-state index in [0.717, 1.165) is 12.1 Å². The van der Waals surface area contributed by atoms with Crippen LogP contribution in [0, 0.1) is 0 Å². The highest BCUT2D eigenvalue weighted by Gasteiger charge is 2.30. The van der Waals surface area contributed by atoms with Crippen molar-refractivity contribution in [1.82, 2.24) is 15.0 Å². The molecule has 0 saturated heterocycles. The van der Waals surface area contributed by atoms with E-state index < -0.39 is 17.3 Å². The summed E-state index contributed by atoms with van der Waals surface area (Å²) in [6.07, 6.45) is -1.23. The average Bonchev–Trinajstić information content (AvgIpc) is 2.54. The highest BCUT2D eigenvalue weighted by atomic mass is 32.2. The van der Waals surface area contributed by atoms with Crippen molar-refractivity contribution in [2.24, 2.45) is 0 Å². The molecule has 0 radical (unpaired) electrons. The van der Waals surface area contributed by atoms with Gasteiger partial charge in [-0.05, 0) is 30.5 Å². The standard InChI is InChI=1S/C15H11F3N4OS/c1-24-14-21-10-5-6-19-13(23)11(10)12(22-14)20-9-4-2-3-8(7-9)15(16,17)18/h2-7H,1H3,(H,19,23)(H,20,21,22). The van der Waals surface area contributed by atoms with Gasteiger partial charge in [0.25, 0.3) is 5.56 Å². The van der Waals surface area contributed by atoms with E-state index in [1.54, 1.807) is 12.3 Å². The van der Waals surface area contributed by atoms with Crippen LogP contribution < -0.4 is 10.9 Å². The van der Waals surface area contributed by atoms with Gasteiger partial charge in [0.2, 0.25) is 0 Å². The second-order valence-electron chi connectivity index (χ2n) is 4.83. The zero-order valence-corrected chi connectivity index (χ0v) is 13.1. The first-order chi connectivity index (χ1) is 11.4. The van der Waals surface area contributed by atoms with Gasteiger partial charge in [-0.25, -0.2) is 9.97 Å². The lowest BCUT2D eigenvalue weighted by Crippen LogP contribution is -2.11. The van der Waals surface area contributed by atoms with Crippen LogP contribution in [-0.2, 0) is 6.18 Å². The van der Waals surface area contributed by atoms with Crippen LogP contribution >= 0.6 is 11.8 Å². The number of alkyl halides is 3. The third-order valence-electron chi connectivity index (χ3n) is 3.23. The molecule has 0 bridgehead atoms. The van der Waals surface area contributed by atoms with E-state index in [9.17, 15) is 18.0 Å². The number of H-pyrrole nitrogens is 1. The van der Waals surface area contributed by atoms with Gasteiger partial charge in [0, 0.05) is 11.9 Å². The summed E-state index contributed by atoms with van der Waals surface area (Å²) in [5.41, 5.74) is -0.618. The molecule has 0 aliphatic rings. The molecule has 3 rings (SSSR count). The van der Waals surface area contributed by atoms with Gasteiger partial charge < -0.3 is 10.3 Å². The molecule has 124 valence electrons. The summed E-state index contributed by atoms with van der Waals surface area (Å²) < 4.78 is 38.5. The van der Waals surface area contributed by atoms with Gasteiger partial charge in [-0.2, -0.15) is 13.2 Å². The number of thioether (sulfide) groups is 1. The summed E-state index contributed by atoms with van der Waals surface area (Å²) in [6, 6.07) is 6.30. The predicted molar refractivity (Wildman–Crippen MR) is 86.7 cm³/mol. The molecule has 0 amide bonds. The van der Waals surface area contributed by atoms with Crippen LogP contribution in [-0.4, -0.2) is 21.2 Å². The van der Waals surface area contributed by atoms with Crippen LogP contribution in [0.15, 0.2) is 46.5 Å². The van der Waals surface area contributed by atoms with Crippen molar-refractivity contribution in [2.75, 3.05) is 11.6 Å². The van der Waals surface area contributed by atoms with Gasteiger partial charge in [-0.1, -0.05) is 17.8 Å². The molecule has 0 spiro atoms. The van der Waals surface area contributed by atoms with Crippen molar-refractivity contribution in [1.29, 1.82) is 0 Å². The third kappa shape index (κ3) is 3.21. The Kier molecular flexibility index (Phi) is 4.18. The van der Waals surface area contributed by atoms with Crippen molar-refractivity contribution >= 4 is 34.2 Å². The number of aromatic amines is 1. The van der Waals surface area contributed by atoms with E-state index >= 15 is 0 Å². The second kappa shape index (κ2) is 6.16. The lowest BCUT2D eigenvalue weighted by molar-refractivity contribution is -0.137. The van der Waals surface area contributed by atoms with Crippen molar-refractivity contribution in [3.8, 4) is 0 Å². The molecule has 0 fully saturated rings. The minimum absolute atomic E-state index is 0.158. The summed E-state index contributed by atoms with van der Waals surface area (Å²) in [5.74, 6) is 0.158. The van der Waals surface area contributed by atoms with Crippen LogP contribution in [0.2, 0.25) is 0 Å². The number of pyridine rings is 1. The lowest BCUT2D eigenvalue weighted by Gasteiger charge is -2.12. The van der Waals surface area contributed by atoms with Crippen LogP contribution in [0.5, 0.6) is 0 Å². The Balaban J connectivity index is 2.12. The highest BCUT2D eigenvalue weighted by molar-refractivity contribution is 7.98. The molecule has 0 unspecified atom stereocenters. The molecule has 0 aliphatic heterocycles. The number of rotatable bonds is 3. The summed E-state index contributed by atoms with van der Waals surface area (Å²) >= 11 is 1.27. The number of nitrogens with zero attached hydrogens (tertiary/aromatic N) is 2. The van der Waals surface area contributed by atoms with Crippen molar-refractivity contribution in [3.05, 3.63) is 52.4 Å². The van der Waals surface area contributed by atoms with Crippen LogP contribution in [0.1, 0.15) is 5.56 Å². The van der Waals surface area contributed by atoms with E-state index in [0.29, 0.717) is 10.7 Å². The van der Waals surface area contributed by atoms with Crippen molar-refractivity contribution < 1.29 is 13.2 Å². The summed E-state index contributed by atoms with van der Waals surface area (Å²) in [7, 11) is 0. The third-order valence-corrected chi connectivity index (χ3v) is 3.78. The number of fused-ring (bicyclic) bond motifs is 1. The maximum Gasteiger partial charge on any atom is 0.416 e. The molecule has 3 aromatic rings. The monoisotopic (exact) mass is 352 g/mol. The Morgan fingerprint density at radius 1 is 1.21 bits per heavy atom. The number of halogens is 3. The zero-order chi connectivity index (χ0) is 17.3. The summed E-state index contributed by atoms with van der Waals surface area (Å²) in [5, 5.41) is 3.38. The van der Waals surface area contributed by atoms with E-state index in [1.165, 1.54) is 30.1 Å². The number of anilines is 2. The van der Waals surface area contributed by atoms with Crippen LogP contribution in [0.25, 0.3) is 10.9 Å². The van der Waals surface area contributed by atoms with E-state index in [4.69, 9.17) is 0 Å². The molecule has 1 aromatic carbocycles. The molecule has 2 N–H and O–H groups in total. The first kappa shape index (κ1) is 16.3. The second-order valence-corrected chi connectivity index (χ2v) is 5.60. The SMILES string of the molecule is CSc1nc(Nc2cccc(C(F)(F)F)c2)c2c(=O)[nH]ccc2n1. The first-order valence-electron chi connectivity index (χ1n) is 6.76. The maximum atomic E-state index is 12.8. The van der Waals surface area contributed by atoms with Gasteiger partial charge >= 0.3 is 6.18 Å². The molecule has 0 atom stereocenters. The first-order valence-corrected chi connectivity index (χ1v) is 7.98. The Bertz CT molecular complexity index is 955. The number of aromatic nitrogens is 3. The van der Waals surface area contributed by atoms with Crippen molar-refractivity contribution in [3.63, 3.8) is 0 Å². The minimum atomic E-state index is -4.45. The Morgan fingerprint density at radius 2 is 2.00 bits per heavy atom. The largest absolute Gasteiger partial charge is 0.416 e. The van der Waals surface area contributed by atoms with Crippen LogP contribution in [0.4, 0.5) is 24.7 Å². The molecule has 5 nitrogen and oxygen atoms in total. The molecule has 24 heavy (non-hydrogen) atoms. The summed E-state index contributed by atoms with van der Waals surface area (Å²) in [4.78, 5) is 23.0. The van der Waals surface area contributed by atoms with Crippen LogP contribution in [0.3, 0.4) is 0 Å². The van der Waals surface area contributed by atoms with E-state index in [-0.39, 0.29) is 16.9 Å². The molecular weight excluding hydrogens is 341 g/mol. The van der Waals surface area contributed by atoms with Gasteiger partial charge in [0.05, 0.1) is 11.1 Å². The predicted octanol–water partition coefficient (Wildman–Crippen LogP) is 3.80. The molecule has 0 aliphatic carbocycles. The fraction of sp³-hybridized carbons (Fsp3) is 0.133. The minimum Gasteiger partial charge on any atom is -0.339 e. The van der Waals surface area contributed by atoms with Gasteiger partial charge in [-0.15, -0.1) is 0 Å². The topological polar surface area (TPSA) is 70.7 Å². The van der Waals surface area contributed by atoms with Crippen molar-refractivity contribution in [2.45, 2.75) is 11.3 Å². The number of hydrogen-bond acceptors (Lipinski definition) is 5. The number of benzene rings is 1. The molecule has 9 heteroatoms. The zero-order valence-electron chi connectivity index (χ0n) is 12.3. The summed E-state index contributed by atoms with van der Waals surface area (Å²) in [6.45, 7) is 0. The maximum absolute atomic E-state index is 12.8. The fourth-order valence-corrected chi connectivity index (χ4v) is 2.53. The quantitative estimate of drug-likeness (QED) is 0.554. The molecule has 0 saturated carbocycles. The van der Waals surface area contributed by atoms with E-state index in [2.05, 4.69) is 20.3 Å². The molecular formula is C15H11F3N4OS. The van der Waals surface area contributed by atoms with E-state index in [1.807, 2.05) is 0 Å². The average molecular weight is 352 g/mol. The molecule has 2 heterocycles. The smallest absolute Gasteiger partial charge is 0.339 e. The number of hydrogen-bond donors (Lipinski definition) is 2.